The molecule has 2 aromatic rings. The molecule has 2 aromatic carbocycles. The zero-order valence-electron chi connectivity index (χ0n) is 16.8. The number of carbonyl (C=O) groups is 3. The molecule has 6 nitrogen and oxygen atoms in total. The molecular weight excluding hydrogens is 368 g/mol. The molecule has 1 atom stereocenters. The van der Waals surface area contributed by atoms with Crippen molar-refractivity contribution in [1.29, 1.82) is 0 Å². The fraction of sp³-hybridized carbons (Fsp3) is 0.348. The Labute approximate surface area is 170 Å². The van der Waals surface area contributed by atoms with Crippen molar-refractivity contribution in [2.45, 2.75) is 33.2 Å². The number of carbonyl (C=O) groups excluding carboxylic acids is 3. The quantitative estimate of drug-likeness (QED) is 0.733. The molecule has 0 aliphatic carbocycles. The van der Waals surface area contributed by atoms with E-state index in [1.807, 2.05) is 55.5 Å². The number of ether oxygens (including phenoxy) is 1. The van der Waals surface area contributed by atoms with Gasteiger partial charge in [-0.05, 0) is 36.6 Å². The molecule has 152 valence electrons. The molecule has 1 aliphatic rings. The fourth-order valence-electron chi connectivity index (χ4n) is 3.27. The number of nitrogens with one attached hydrogen (secondary N) is 1. The van der Waals surface area contributed by atoms with Crippen LogP contribution in [0.4, 0.5) is 5.69 Å². The smallest absolute Gasteiger partial charge is 0.311 e. The van der Waals surface area contributed by atoms with Crippen LogP contribution in [0.2, 0.25) is 0 Å². The molecule has 1 heterocycles. The zero-order chi connectivity index (χ0) is 20.8. The molecule has 6 heteroatoms. The van der Waals surface area contributed by atoms with Crippen molar-refractivity contribution in [3.63, 3.8) is 0 Å². The number of anilines is 1. The van der Waals surface area contributed by atoms with Gasteiger partial charge in [0.1, 0.15) is 0 Å². The Bertz CT molecular complexity index is 875. The lowest BCUT2D eigenvalue weighted by atomic mass is 10.1. The molecule has 0 spiro atoms. The van der Waals surface area contributed by atoms with Gasteiger partial charge in [-0.3, -0.25) is 14.4 Å². The Morgan fingerprint density at radius 1 is 1.07 bits per heavy atom. The second kappa shape index (κ2) is 9.37. The number of rotatable bonds is 7. The van der Waals surface area contributed by atoms with E-state index in [1.54, 1.807) is 4.90 Å². The third kappa shape index (κ3) is 5.67. The summed E-state index contributed by atoms with van der Waals surface area (Å²) in [5, 5.41) is 2.70. The first-order chi connectivity index (χ1) is 13.9. The number of esters is 1. The van der Waals surface area contributed by atoms with Crippen molar-refractivity contribution in [3.8, 4) is 0 Å². The topological polar surface area (TPSA) is 75.7 Å². The van der Waals surface area contributed by atoms with Gasteiger partial charge >= 0.3 is 5.97 Å². The van der Waals surface area contributed by atoms with Gasteiger partial charge in [0.25, 0.3) is 5.91 Å². The maximum Gasteiger partial charge on any atom is 0.311 e. The van der Waals surface area contributed by atoms with E-state index in [9.17, 15) is 14.4 Å². The monoisotopic (exact) mass is 394 g/mol. The number of nitrogens with zero attached hydrogens (tertiary/aromatic N) is 1. The summed E-state index contributed by atoms with van der Waals surface area (Å²) in [5.41, 5.74) is 4.01. The molecule has 0 radical (unpaired) electrons. The van der Waals surface area contributed by atoms with Gasteiger partial charge in [-0.25, -0.2) is 0 Å². The van der Waals surface area contributed by atoms with Crippen molar-refractivity contribution >= 4 is 23.5 Å². The van der Waals surface area contributed by atoms with Crippen LogP contribution in [0.15, 0.2) is 48.5 Å². The summed E-state index contributed by atoms with van der Waals surface area (Å²) in [4.78, 5) is 38.2. The largest absolute Gasteiger partial charge is 0.455 e. The van der Waals surface area contributed by atoms with Gasteiger partial charge in [-0.15, -0.1) is 0 Å². The van der Waals surface area contributed by atoms with E-state index < -0.39 is 17.8 Å². The van der Waals surface area contributed by atoms with Gasteiger partial charge < -0.3 is 15.0 Å². The summed E-state index contributed by atoms with van der Waals surface area (Å²) in [6, 6.07) is 15.5. The highest BCUT2D eigenvalue weighted by molar-refractivity contribution is 5.93. The molecule has 0 saturated carbocycles. The van der Waals surface area contributed by atoms with E-state index in [0.29, 0.717) is 18.8 Å². The Morgan fingerprint density at radius 3 is 2.38 bits per heavy atom. The lowest BCUT2D eigenvalue weighted by molar-refractivity contribution is -0.151. The van der Waals surface area contributed by atoms with E-state index in [4.69, 9.17) is 4.74 Å². The summed E-state index contributed by atoms with van der Waals surface area (Å²) in [7, 11) is 0. The van der Waals surface area contributed by atoms with Crippen LogP contribution in [0.1, 0.15) is 30.0 Å². The van der Waals surface area contributed by atoms with Gasteiger partial charge in [0.2, 0.25) is 5.91 Å². The first-order valence-corrected chi connectivity index (χ1v) is 9.83. The molecule has 1 fully saturated rings. The van der Waals surface area contributed by atoms with Crippen LogP contribution in [0.5, 0.6) is 0 Å². The molecule has 29 heavy (non-hydrogen) atoms. The molecule has 2 amide bonds. The van der Waals surface area contributed by atoms with E-state index in [2.05, 4.69) is 12.2 Å². The molecular formula is C23H26N2O4. The third-order valence-electron chi connectivity index (χ3n) is 5.03. The fourth-order valence-corrected chi connectivity index (χ4v) is 3.27. The standard InChI is InChI=1S/C23H26N2O4/c1-3-17-8-10-20(11-9-17)24-21(26)15-29-23(28)19-12-22(27)25(14-19)13-18-6-4-16(2)5-7-18/h4-11,19H,3,12-15H2,1-2H3,(H,24,26)/t19-/m1/s1. The zero-order valence-corrected chi connectivity index (χ0v) is 16.8. The van der Waals surface area contributed by atoms with Crippen molar-refractivity contribution in [1.82, 2.24) is 4.90 Å². The molecule has 1 saturated heterocycles. The summed E-state index contributed by atoms with van der Waals surface area (Å²) in [6.07, 6.45) is 1.04. The SMILES string of the molecule is CCc1ccc(NC(=O)COC(=O)[C@@H]2CC(=O)N(Cc3ccc(C)cc3)C2)cc1. The summed E-state index contributed by atoms with van der Waals surface area (Å²) in [6.45, 7) is 4.48. The molecule has 3 rings (SSSR count). The summed E-state index contributed by atoms with van der Waals surface area (Å²) >= 11 is 0. The minimum atomic E-state index is -0.537. The Kier molecular flexibility index (Phi) is 6.65. The molecule has 1 aliphatic heterocycles. The average Bonchev–Trinajstić information content (AvgIpc) is 3.09. The van der Waals surface area contributed by atoms with Gasteiger partial charge in [0.05, 0.1) is 5.92 Å². The summed E-state index contributed by atoms with van der Waals surface area (Å²) in [5.74, 6) is -1.53. The van der Waals surface area contributed by atoms with Crippen LogP contribution in [0.3, 0.4) is 0 Å². The van der Waals surface area contributed by atoms with Crippen molar-refractivity contribution in [2.75, 3.05) is 18.5 Å². The predicted octanol–water partition coefficient (Wildman–Crippen LogP) is 3.09. The van der Waals surface area contributed by atoms with Crippen LogP contribution >= 0.6 is 0 Å². The van der Waals surface area contributed by atoms with Crippen molar-refractivity contribution in [2.24, 2.45) is 5.92 Å². The van der Waals surface area contributed by atoms with Crippen LogP contribution in [0.25, 0.3) is 0 Å². The third-order valence-corrected chi connectivity index (χ3v) is 5.03. The highest BCUT2D eigenvalue weighted by Crippen LogP contribution is 2.21. The maximum absolute atomic E-state index is 12.3. The highest BCUT2D eigenvalue weighted by atomic mass is 16.5. The lowest BCUT2D eigenvalue weighted by Crippen LogP contribution is -2.28. The first kappa shape index (κ1) is 20.6. The van der Waals surface area contributed by atoms with E-state index in [1.165, 1.54) is 5.56 Å². The highest BCUT2D eigenvalue weighted by Gasteiger charge is 2.35. The van der Waals surface area contributed by atoms with Crippen LogP contribution in [-0.4, -0.2) is 35.8 Å². The van der Waals surface area contributed by atoms with E-state index in [-0.39, 0.29) is 18.9 Å². The van der Waals surface area contributed by atoms with Gasteiger partial charge in [0.15, 0.2) is 6.61 Å². The van der Waals surface area contributed by atoms with E-state index in [0.717, 1.165) is 17.5 Å². The number of aryl methyl sites for hydroxylation is 2. The maximum atomic E-state index is 12.3. The van der Waals surface area contributed by atoms with Crippen LogP contribution in [-0.2, 0) is 32.1 Å². The Hall–Kier alpha value is -3.15. The van der Waals surface area contributed by atoms with Gasteiger partial charge in [-0.2, -0.15) is 0 Å². The molecule has 0 aromatic heterocycles. The number of hydrogen-bond donors (Lipinski definition) is 1. The second-order valence-electron chi connectivity index (χ2n) is 7.37. The number of amides is 2. The predicted molar refractivity (Wildman–Crippen MR) is 110 cm³/mol. The van der Waals surface area contributed by atoms with Crippen LogP contribution in [0, 0.1) is 12.8 Å². The number of likely N-dealkylation sites (tertiary alicyclic amines) is 1. The van der Waals surface area contributed by atoms with Crippen LogP contribution < -0.4 is 5.32 Å². The van der Waals surface area contributed by atoms with E-state index >= 15 is 0 Å². The minimum Gasteiger partial charge on any atom is -0.455 e. The lowest BCUT2D eigenvalue weighted by Gasteiger charge is -2.16. The Balaban J connectivity index is 1.45. The second-order valence-corrected chi connectivity index (χ2v) is 7.37. The number of hydrogen-bond acceptors (Lipinski definition) is 4. The first-order valence-electron chi connectivity index (χ1n) is 9.83. The van der Waals surface area contributed by atoms with Crippen molar-refractivity contribution in [3.05, 3.63) is 65.2 Å². The normalized spacial score (nSPS) is 16.0. The minimum absolute atomic E-state index is 0.0759. The molecule has 0 unspecified atom stereocenters. The average molecular weight is 394 g/mol. The molecule has 1 N–H and O–H groups in total. The van der Waals surface area contributed by atoms with Crippen molar-refractivity contribution < 1.29 is 19.1 Å². The Morgan fingerprint density at radius 2 is 1.72 bits per heavy atom. The molecule has 0 bridgehead atoms. The van der Waals surface area contributed by atoms with Gasteiger partial charge in [-0.1, -0.05) is 48.9 Å². The number of benzene rings is 2. The summed E-state index contributed by atoms with van der Waals surface area (Å²) < 4.78 is 5.14. The van der Waals surface area contributed by atoms with Gasteiger partial charge in [0, 0.05) is 25.2 Å².